The summed E-state index contributed by atoms with van der Waals surface area (Å²) in [5.74, 6) is -0.682. The number of carboxylic acid groups (broad SMARTS) is 1. The standard InChI is InChI=1S/C10H23N.C6H12O2/c1-5-7-9(3)11-10(4)8-6-2;1-2-3-4-5-6(7)8/h9-11H,5-8H2,1-4H3;2-5H2,1H3,(H,7,8). The van der Waals surface area contributed by atoms with Gasteiger partial charge in [0.25, 0.3) is 0 Å². The molecule has 2 N–H and O–H groups in total. The zero-order valence-corrected chi connectivity index (χ0v) is 13.7. The molecular weight excluding hydrogens is 238 g/mol. The van der Waals surface area contributed by atoms with Crippen LogP contribution in [0.4, 0.5) is 0 Å². The summed E-state index contributed by atoms with van der Waals surface area (Å²) in [6.45, 7) is 11.1. The van der Waals surface area contributed by atoms with Crippen molar-refractivity contribution in [2.45, 2.75) is 98.1 Å². The molecule has 0 aliphatic heterocycles. The van der Waals surface area contributed by atoms with Gasteiger partial charge >= 0.3 is 5.97 Å². The van der Waals surface area contributed by atoms with E-state index in [4.69, 9.17) is 5.11 Å². The van der Waals surface area contributed by atoms with E-state index in [2.05, 4.69) is 39.9 Å². The van der Waals surface area contributed by atoms with Gasteiger partial charge in [0.2, 0.25) is 0 Å². The number of hydrogen-bond acceptors (Lipinski definition) is 2. The van der Waals surface area contributed by atoms with Crippen molar-refractivity contribution in [3.05, 3.63) is 0 Å². The van der Waals surface area contributed by atoms with Gasteiger partial charge in [-0.25, -0.2) is 0 Å². The number of carbonyl (C=O) groups is 1. The van der Waals surface area contributed by atoms with E-state index in [9.17, 15) is 4.79 Å². The first-order chi connectivity index (χ1) is 8.97. The molecule has 2 unspecified atom stereocenters. The third-order valence-electron chi connectivity index (χ3n) is 3.01. The van der Waals surface area contributed by atoms with E-state index in [0.29, 0.717) is 18.5 Å². The topological polar surface area (TPSA) is 49.3 Å². The maximum atomic E-state index is 9.87. The summed E-state index contributed by atoms with van der Waals surface area (Å²) in [5.41, 5.74) is 0. The molecule has 0 heterocycles. The summed E-state index contributed by atoms with van der Waals surface area (Å²) >= 11 is 0. The van der Waals surface area contributed by atoms with Crippen molar-refractivity contribution in [3.8, 4) is 0 Å². The van der Waals surface area contributed by atoms with Gasteiger partial charge < -0.3 is 10.4 Å². The molecule has 0 amide bonds. The third kappa shape index (κ3) is 19.9. The zero-order valence-electron chi connectivity index (χ0n) is 13.7. The number of carboxylic acids is 1. The van der Waals surface area contributed by atoms with Gasteiger partial charge in [0.05, 0.1) is 0 Å². The van der Waals surface area contributed by atoms with Crippen molar-refractivity contribution in [2.75, 3.05) is 0 Å². The summed E-state index contributed by atoms with van der Waals surface area (Å²) in [7, 11) is 0. The Hall–Kier alpha value is -0.570. The molecule has 0 aliphatic rings. The van der Waals surface area contributed by atoms with Gasteiger partial charge in [-0.15, -0.1) is 0 Å². The van der Waals surface area contributed by atoms with Crippen molar-refractivity contribution in [1.29, 1.82) is 0 Å². The molecule has 3 heteroatoms. The highest BCUT2D eigenvalue weighted by molar-refractivity contribution is 5.66. The predicted molar refractivity (Wildman–Crippen MR) is 83.7 cm³/mol. The molecule has 0 bridgehead atoms. The van der Waals surface area contributed by atoms with E-state index in [0.717, 1.165) is 19.3 Å². The van der Waals surface area contributed by atoms with Crippen molar-refractivity contribution in [2.24, 2.45) is 0 Å². The Kier molecular flexibility index (Phi) is 16.9. The van der Waals surface area contributed by atoms with Crippen LogP contribution in [0.5, 0.6) is 0 Å². The van der Waals surface area contributed by atoms with Crippen molar-refractivity contribution in [3.63, 3.8) is 0 Å². The molecule has 0 spiro atoms. The molecule has 116 valence electrons. The number of rotatable bonds is 10. The van der Waals surface area contributed by atoms with Crippen LogP contribution in [0.2, 0.25) is 0 Å². The van der Waals surface area contributed by atoms with E-state index in [1.165, 1.54) is 25.7 Å². The number of hydrogen-bond donors (Lipinski definition) is 2. The van der Waals surface area contributed by atoms with Crippen molar-refractivity contribution in [1.82, 2.24) is 5.32 Å². The van der Waals surface area contributed by atoms with Gasteiger partial charge in [-0.05, 0) is 33.1 Å². The molecule has 0 aromatic heterocycles. The predicted octanol–water partition coefficient (Wildman–Crippen LogP) is 4.60. The lowest BCUT2D eigenvalue weighted by molar-refractivity contribution is -0.137. The monoisotopic (exact) mass is 273 g/mol. The maximum Gasteiger partial charge on any atom is 0.303 e. The second kappa shape index (κ2) is 15.5. The molecule has 0 aromatic rings. The van der Waals surface area contributed by atoms with Gasteiger partial charge in [0.15, 0.2) is 0 Å². The molecule has 0 radical (unpaired) electrons. The lowest BCUT2D eigenvalue weighted by atomic mass is 10.1. The highest BCUT2D eigenvalue weighted by atomic mass is 16.4. The van der Waals surface area contributed by atoms with Crippen LogP contribution in [0.3, 0.4) is 0 Å². The highest BCUT2D eigenvalue weighted by Crippen LogP contribution is 2.00. The minimum Gasteiger partial charge on any atom is -0.481 e. The summed E-state index contributed by atoms with van der Waals surface area (Å²) in [5, 5.41) is 11.7. The minimum absolute atomic E-state index is 0.327. The smallest absolute Gasteiger partial charge is 0.303 e. The Morgan fingerprint density at radius 3 is 1.74 bits per heavy atom. The second-order valence-electron chi connectivity index (χ2n) is 5.40. The van der Waals surface area contributed by atoms with Gasteiger partial charge in [-0.2, -0.15) is 0 Å². The van der Waals surface area contributed by atoms with Crippen LogP contribution in [-0.2, 0) is 4.79 Å². The Morgan fingerprint density at radius 2 is 1.42 bits per heavy atom. The van der Waals surface area contributed by atoms with Crippen molar-refractivity contribution >= 4 is 5.97 Å². The fourth-order valence-corrected chi connectivity index (χ4v) is 2.04. The summed E-state index contributed by atoms with van der Waals surface area (Å²) < 4.78 is 0. The Labute approximate surface area is 120 Å². The number of nitrogens with one attached hydrogen (secondary N) is 1. The lowest BCUT2D eigenvalue weighted by Crippen LogP contribution is -2.34. The minimum atomic E-state index is -0.682. The third-order valence-corrected chi connectivity index (χ3v) is 3.01. The van der Waals surface area contributed by atoms with E-state index in [1.54, 1.807) is 0 Å². The zero-order chi connectivity index (χ0) is 15.1. The van der Waals surface area contributed by atoms with Crippen molar-refractivity contribution < 1.29 is 9.90 Å². The summed E-state index contributed by atoms with van der Waals surface area (Å²) in [6, 6.07) is 1.39. The molecule has 0 saturated carbocycles. The van der Waals surface area contributed by atoms with Gasteiger partial charge in [0.1, 0.15) is 0 Å². The largest absolute Gasteiger partial charge is 0.481 e. The van der Waals surface area contributed by atoms with Gasteiger partial charge in [0, 0.05) is 18.5 Å². The van der Waals surface area contributed by atoms with Crippen LogP contribution in [0.25, 0.3) is 0 Å². The lowest BCUT2D eigenvalue weighted by Gasteiger charge is -2.18. The highest BCUT2D eigenvalue weighted by Gasteiger charge is 2.04. The molecule has 3 nitrogen and oxygen atoms in total. The summed E-state index contributed by atoms with van der Waals surface area (Å²) in [6.07, 6.45) is 8.45. The summed E-state index contributed by atoms with van der Waals surface area (Å²) in [4.78, 5) is 9.87. The first kappa shape index (κ1) is 20.7. The van der Waals surface area contributed by atoms with E-state index < -0.39 is 5.97 Å². The average molecular weight is 273 g/mol. The van der Waals surface area contributed by atoms with Crippen LogP contribution in [-0.4, -0.2) is 23.2 Å². The average Bonchev–Trinajstić information content (AvgIpc) is 2.30. The fraction of sp³-hybridized carbons (Fsp3) is 0.938. The van der Waals surface area contributed by atoms with E-state index in [-0.39, 0.29) is 0 Å². The fourth-order valence-electron chi connectivity index (χ4n) is 2.04. The van der Waals surface area contributed by atoms with Crippen LogP contribution in [0.1, 0.15) is 86.0 Å². The Balaban J connectivity index is 0. The van der Waals surface area contributed by atoms with Crippen LogP contribution >= 0.6 is 0 Å². The van der Waals surface area contributed by atoms with Gasteiger partial charge in [-0.3, -0.25) is 4.79 Å². The van der Waals surface area contributed by atoms with E-state index >= 15 is 0 Å². The first-order valence-electron chi connectivity index (χ1n) is 7.95. The Bertz CT molecular complexity index is 185. The van der Waals surface area contributed by atoms with Crippen LogP contribution in [0, 0.1) is 0 Å². The number of unbranched alkanes of at least 4 members (excludes halogenated alkanes) is 2. The molecule has 19 heavy (non-hydrogen) atoms. The normalized spacial score (nSPS) is 13.3. The molecular formula is C16H35NO2. The molecule has 0 saturated heterocycles. The number of aliphatic carboxylic acids is 1. The van der Waals surface area contributed by atoms with Crippen LogP contribution in [0.15, 0.2) is 0 Å². The molecule has 0 aliphatic carbocycles. The quantitative estimate of drug-likeness (QED) is 0.572. The first-order valence-corrected chi connectivity index (χ1v) is 7.95. The SMILES string of the molecule is CCCC(C)NC(C)CCC.CCCCCC(=O)O. The van der Waals surface area contributed by atoms with E-state index in [1.807, 2.05) is 0 Å². The molecule has 2 atom stereocenters. The van der Waals surface area contributed by atoms with Gasteiger partial charge in [-0.1, -0.05) is 46.5 Å². The molecule has 0 fully saturated rings. The molecule has 0 rings (SSSR count). The maximum absolute atomic E-state index is 9.87. The second-order valence-corrected chi connectivity index (χ2v) is 5.40. The van der Waals surface area contributed by atoms with Crippen LogP contribution < -0.4 is 5.32 Å². The Morgan fingerprint density at radius 1 is 0.947 bits per heavy atom. The molecule has 0 aromatic carbocycles.